The highest BCUT2D eigenvalue weighted by Gasteiger charge is 2.12. The molecule has 0 saturated heterocycles. The maximum absolute atomic E-state index is 11.7. The third-order valence-electron chi connectivity index (χ3n) is 2.82. The van der Waals surface area contributed by atoms with Crippen molar-refractivity contribution in [2.24, 2.45) is 0 Å². The third kappa shape index (κ3) is 4.34. The maximum atomic E-state index is 11.7. The molecule has 2 aromatic carbocycles. The molecule has 2 aromatic rings. The normalized spacial score (nSPS) is 10.9. The fourth-order valence-electron chi connectivity index (χ4n) is 1.66. The Kier molecular flexibility index (Phi) is 4.99. The van der Waals surface area contributed by atoms with Crippen LogP contribution in [0.2, 0.25) is 0 Å². The lowest BCUT2D eigenvalue weighted by Gasteiger charge is -2.11. The lowest BCUT2D eigenvalue weighted by molar-refractivity contribution is -0.134. The zero-order chi connectivity index (χ0) is 16.8. The summed E-state index contributed by atoms with van der Waals surface area (Å²) in [5.74, 6) is -1.58. The summed E-state index contributed by atoms with van der Waals surface area (Å²) in [4.78, 5) is 22.4. The SMILES string of the molecule is C/C(=C/C(=O)Oc1ccccc1Oc1ccccc1O)C(=O)O. The van der Waals surface area contributed by atoms with Gasteiger partial charge in [-0.15, -0.1) is 0 Å². The van der Waals surface area contributed by atoms with Gasteiger partial charge in [0.2, 0.25) is 0 Å². The summed E-state index contributed by atoms with van der Waals surface area (Å²) in [5, 5.41) is 18.5. The molecule has 0 spiro atoms. The first-order valence-electron chi connectivity index (χ1n) is 6.65. The topological polar surface area (TPSA) is 93.1 Å². The van der Waals surface area contributed by atoms with Gasteiger partial charge in [0.05, 0.1) is 0 Å². The minimum Gasteiger partial charge on any atom is -0.504 e. The molecule has 0 heterocycles. The van der Waals surface area contributed by atoms with E-state index in [0.717, 1.165) is 6.08 Å². The molecule has 0 aromatic heterocycles. The second kappa shape index (κ2) is 7.13. The Hall–Kier alpha value is -3.28. The molecule has 0 aliphatic rings. The number of phenolic OH excluding ortho intramolecular Hbond substituents is 1. The van der Waals surface area contributed by atoms with Gasteiger partial charge < -0.3 is 19.7 Å². The Bertz CT molecular complexity index is 763. The molecule has 0 fully saturated rings. The van der Waals surface area contributed by atoms with Crippen molar-refractivity contribution >= 4 is 11.9 Å². The molecule has 0 amide bonds. The zero-order valence-electron chi connectivity index (χ0n) is 12.2. The second-order valence-corrected chi connectivity index (χ2v) is 4.57. The van der Waals surface area contributed by atoms with E-state index < -0.39 is 11.9 Å². The molecular weight excluding hydrogens is 300 g/mol. The van der Waals surface area contributed by atoms with Gasteiger partial charge >= 0.3 is 11.9 Å². The highest BCUT2D eigenvalue weighted by Crippen LogP contribution is 2.35. The van der Waals surface area contributed by atoms with Crippen LogP contribution in [0.3, 0.4) is 0 Å². The number of rotatable bonds is 5. The number of aliphatic carboxylic acids is 1. The molecule has 118 valence electrons. The maximum Gasteiger partial charge on any atom is 0.336 e. The number of para-hydroxylation sites is 4. The quantitative estimate of drug-likeness (QED) is 0.500. The van der Waals surface area contributed by atoms with E-state index >= 15 is 0 Å². The van der Waals surface area contributed by atoms with Crippen molar-refractivity contribution in [1.29, 1.82) is 0 Å². The predicted octanol–water partition coefficient (Wildman–Crippen LogP) is 3.12. The van der Waals surface area contributed by atoms with Crippen LogP contribution in [0.25, 0.3) is 0 Å². The van der Waals surface area contributed by atoms with E-state index in [1.807, 2.05) is 0 Å². The van der Waals surface area contributed by atoms with Gasteiger partial charge in [0.1, 0.15) is 0 Å². The van der Waals surface area contributed by atoms with Crippen molar-refractivity contribution in [2.45, 2.75) is 6.92 Å². The summed E-state index contributed by atoms with van der Waals surface area (Å²) in [5.41, 5.74) is -0.144. The van der Waals surface area contributed by atoms with Gasteiger partial charge in [0, 0.05) is 11.6 Å². The van der Waals surface area contributed by atoms with Gasteiger partial charge in [-0.05, 0) is 31.2 Å². The van der Waals surface area contributed by atoms with Crippen molar-refractivity contribution < 1.29 is 29.3 Å². The number of carboxylic acid groups (broad SMARTS) is 1. The Morgan fingerprint density at radius 3 is 2.13 bits per heavy atom. The molecule has 0 aliphatic carbocycles. The lowest BCUT2D eigenvalue weighted by atomic mass is 10.3. The Morgan fingerprint density at radius 2 is 1.52 bits per heavy atom. The van der Waals surface area contributed by atoms with Crippen LogP contribution in [0.4, 0.5) is 0 Å². The van der Waals surface area contributed by atoms with E-state index in [1.54, 1.807) is 36.4 Å². The van der Waals surface area contributed by atoms with Crippen LogP contribution in [-0.2, 0) is 9.59 Å². The molecule has 0 unspecified atom stereocenters. The van der Waals surface area contributed by atoms with Crippen LogP contribution in [0.1, 0.15) is 6.92 Å². The number of aromatic hydroxyl groups is 1. The van der Waals surface area contributed by atoms with Crippen LogP contribution in [-0.4, -0.2) is 22.2 Å². The molecule has 0 saturated carbocycles. The van der Waals surface area contributed by atoms with Crippen molar-refractivity contribution in [3.63, 3.8) is 0 Å². The monoisotopic (exact) mass is 314 g/mol. The number of hydrogen-bond donors (Lipinski definition) is 2. The van der Waals surface area contributed by atoms with Gasteiger partial charge in [0.15, 0.2) is 23.0 Å². The molecular formula is C17H14O6. The predicted molar refractivity (Wildman–Crippen MR) is 81.7 cm³/mol. The second-order valence-electron chi connectivity index (χ2n) is 4.57. The highest BCUT2D eigenvalue weighted by molar-refractivity contribution is 5.95. The van der Waals surface area contributed by atoms with Crippen LogP contribution in [0.15, 0.2) is 60.2 Å². The van der Waals surface area contributed by atoms with Gasteiger partial charge in [-0.3, -0.25) is 0 Å². The smallest absolute Gasteiger partial charge is 0.336 e. The molecule has 2 N–H and O–H groups in total. The van der Waals surface area contributed by atoms with E-state index in [0.29, 0.717) is 0 Å². The fourth-order valence-corrected chi connectivity index (χ4v) is 1.66. The number of esters is 1. The minimum absolute atomic E-state index is 0.0600. The van der Waals surface area contributed by atoms with Gasteiger partial charge in [-0.2, -0.15) is 0 Å². The molecule has 0 aliphatic heterocycles. The van der Waals surface area contributed by atoms with E-state index in [-0.39, 0.29) is 28.6 Å². The summed E-state index contributed by atoms with van der Waals surface area (Å²) in [6.45, 7) is 1.29. The van der Waals surface area contributed by atoms with E-state index in [1.165, 1.54) is 19.1 Å². The number of phenols is 1. The van der Waals surface area contributed by atoms with E-state index in [9.17, 15) is 14.7 Å². The summed E-state index contributed by atoms with van der Waals surface area (Å²) < 4.78 is 10.6. The molecule has 23 heavy (non-hydrogen) atoms. The molecule has 0 atom stereocenters. The first-order valence-corrected chi connectivity index (χ1v) is 6.65. The molecule has 0 radical (unpaired) electrons. The minimum atomic E-state index is -1.21. The Morgan fingerprint density at radius 1 is 0.957 bits per heavy atom. The molecule has 6 heteroatoms. The summed E-state index contributed by atoms with van der Waals surface area (Å²) in [7, 11) is 0. The number of benzene rings is 2. The zero-order valence-corrected chi connectivity index (χ0v) is 12.2. The van der Waals surface area contributed by atoms with Gasteiger partial charge in [-0.25, -0.2) is 9.59 Å². The standard InChI is InChI=1S/C17H14O6/c1-11(17(20)21)10-16(19)23-15-9-5-4-8-14(15)22-13-7-3-2-6-12(13)18/h2-10,18H,1H3,(H,20,21)/b11-10-. The van der Waals surface area contributed by atoms with Crippen molar-refractivity contribution in [2.75, 3.05) is 0 Å². The van der Waals surface area contributed by atoms with Crippen molar-refractivity contribution in [3.05, 3.63) is 60.2 Å². The Labute approximate surface area is 132 Å². The van der Waals surface area contributed by atoms with Gasteiger partial charge in [0.25, 0.3) is 0 Å². The van der Waals surface area contributed by atoms with Crippen molar-refractivity contribution in [1.82, 2.24) is 0 Å². The largest absolute Gasteiger partial charge is 0.504 e. The number of carboxylic acids is 1. The lowest BCUT2D eigenvalue weighted by Crippen LogP contribution is -2.08. The van der Waals surface area contributed by atoms with Crippen LogP contribution < -0.4 is 9.47 Å². The fraction of sp³-hybridized carbons (Fsp3) is 0.0588. The number of hydrogen-bond acceptors (Lipinski definition) is 5. The first kappa shape index (κ1) is 16.1. The van der Waals surface area contributed by atoms with Crippen LogP contribution in [0, 0.1) is 0 Å². The van der Waals surface area contributed by atoms with Crippen molar-refractivity contribution in [3.8, 4) is 23.0 Å². The number of carbonyl (C=O) groups is 2. The Balaban J connectivity index is 2.21. The molecule has 0 bridgehead atoms. The summed E-state index contributed by atoms with van der Waals surface area (Å²) in [6, 6.07) is 12.7. The molecule has 6 nitrogen and oxygen atoms in total. The third-order valence-corrected chi connectivity index (χ3v) is 2.82. The average Bonchev–Trinajstić information content (AvgIpc) is 2.51. The highest BCUT2D eigenvalue weighted by atomic mass is 16.6. The first-order chi connectivity index (χ1) is 11.0. The molecule has 2 rings (SSSR count). The van der Waals surface area contributed by atoms with E-state index in [4.69, 9.17) is 14.6 Å². The van der Waals surface area contributed by atoms with Gasteiger partial charge in [-0.1, -0.05) is 24.3 Å². The average molecular weight is 314 g/mol. The van der Waals surface area contributed by atoms with Crippen LogP contribution in [0.5, 0.6) is 23.0 Å². The summed E-state index contributed by atoms with van der Waals surface area (Å²) >= 11 is 0. The number of carbonyl (C=O) groups excluding carboxylic acids is 1. The van der Waals surface area contributed by atoms with E-state index in [2.05, 4.69) is 0 Å². The van der Waals surface area contributed by atoms with Crippen LogP contribution >= 0.6 is 0 Å². The number of ether oxygens (including phenoxy) is 2. The summed E-state index contributed by atoms with van der Waals surface area (Å²) in [6.07, 6.45) is 0.874.